The van der Waals surface area contributed by atoms with Gasteiger partial charge in [0.1, 0.15) is 0 Å². The first-order valence-electron chi connectivity index (χ1n) is 6.29. The molecule has 1 nitrogen and oxygen atoms in total. The monoisotopic (exact) mass is 233 g/mol. The second-order valence-corrected chi connectivity index (χ2v) is 6.20. The van der Waals surface area contributed by atoms with Gasteiger partial charge in [0.25, 0.3) is 6.43 Å². The first kappa shape index (κ1) is 13.9. The molecule has 0 saturated heterocycles. The van der Waals surface area contributed by atoms with Gasteiger partial charge in [0.2, 0.25) is 0 Å². The minimum atomic E-state index is -2.25. The summed E-state index contributed by atoms with van der Waals surface area (Å²) < 4.78 is 26.2. The molecule has 0 aromatic rings. The van der Waals surface area contributed by atoms with Crippen molar-refractivity contribution >= 4 is 0 Å². The quantitative estimate of drug-likeness (QED) is 0.715. The molecule has 1 fully saturated rings. The molecule has 16 heavy (non-hydrogen) atoms. The lowest BCUT2D eigenvalue weighted by Crippen LogP contribution is -2.49. The number of alkyl halides is 2. The van der Waals surface area contributed by atoms with Gasteiger partial charge in [-0.05, 0) is 44.1 Å². The molecule has 2 unspecified atom stereocenters. The Kier molecular flexibility index (Phi) is 4.33. The van der Waals surface area contributed by atoms with Gasteiger partial charge in [0.05, 0.1) is 5.54 Å². The first-order valence-corrected chi connectivity index (χ1v) is 6.29. The van der Waals surface area contributed by atoms with Crippen LogP contribution in [0.2, 0.25) is 0 Å². The highest BCUT2D eigenvalue weighted by Gasteiger charge is 2.41. The molecule has 0 heterocycles. The van der Waals surface area contributed by atoms with Crippen LogP contribution in [-0.2, 0) is 0 Å². The van der Waals surface area contributed by atoms with Crippen LogP contribution in [0.5, 0.6) is 0 Å². The van der Waals surface area contributed by atoms with Crippen molar-refractivity contribution in [2.24, 2.45) is 11.3 Å². The second kappa shape index (κ2) is 4.99. The molecule has 0 radical (unpaired) electrons. The summed E-state index contributed by atoms with van der Waals surface area (Å²) in [7, 11) is 1.67. The predicted octanol–water partition coefficient (Wildman–Crippen LogP) is 3.84. The Morgan fingerprint density at radius 1 is 1.19 bits per heavy atom. The fourth-order valence-corrected chi connectivity index (χ4v) is 2.81. The molecule has 1 aliphatic rings. The zero-order valence-electron chi connectivity index (χ0n) is 10.9. The topological polar surface area (TPSA) is 12.0 Å². The summed E-state index contributed by atoms with van der Waals surface area (Å²) in [5, 5.41) is 2.88. The Labute approximate surface area is 98.0 Å². The van der Waals surface area contributed by atoms with E-state index in [1.165, 1.54) is 0 Å². The van der Waals surface area contributed by atoms with Gasteiger partial charge in [0.15, 0.2) is 0 Å². The average Bonchev–Trinajstić information content (AvgIpc) is 2.39. The van der Waals surface area contributed by atoms with Gasteiger partial charge in [-0.15, -0.1) is 0 Å². The van der Waals surface area contributed by atoms with Gasteiger partial charge in [-0.3, -0.25) is 0 Å². The number of hydrogen-bond donors (Lipinski definition) is 1. The molecule has 1 aliphatic carbocycles. The number of nitrogens with one attached hydrogen (secondary N) is 1. The predicted molar refractivity (Wildman–Crippen MR) is 63.8 cm³/mol. The molecule has 0 aromatic heterocycles. The average molecular weight is 233 g/mol. The van der Waals surface area contributed by atoms with E-state index in [1.807, 2.05) is 0 Å². The van der Waals surface area contributed by atoms with E-state index in [-0.39, 0.29) is 5.41 Å². The third kappa shape index (κ3) is 2.93. The van der Waals surface area contributed by atoms with Crippen molar-refractivity contribution in [2.75, 3.05) is 7.05 Å². The Bertz CT molecular complexity index is 222. The van der Waals surface area contributed by atoms with Crippen molar-refractivity contribution in [1.82, 2.24) is 5.32 Å². The van der Waals surface area contributed by atoms with Crippen LogP contribution < -0.4 is 5.32 Å². The summed E-state index contributed by atoms with van der Waals surface area (Å²) in [6.45, 7) is 6.64. The number of halogens is 2. The molecule has 0 spiro atoms. The minimum absolute atomic E-state index is 0.242. The van der Waals surface area contributed by atoms with Gasteiger partial charge in [-0.2, -0.15) is 0 Å². The fraction of sp³-hybridized carbons (Fsp3) is 1.00. The van der Waals surface area contributed by atoms with Crippen LogP contribution in [0.15, 0.2) is 0 Å². The highest BCUT2D eigenvalue weighted by atomic mass is 19.3. The van der Waals surface area contributed by atoms with E-state index in [0.717, 1.165) is 19.3 Å². The van der Waals surface area contributed by atoms with Crippen LogP contribution in [0, 0.1) is 11.3 Å². The summed E-state index contributed by atoms with van der Waals surface area (Å²) in [5.41, 5.74) is -0.689. The van der Waals surface area contributed by atoms with Crippen LogP contribution in [0.1, 0.15) is 52.9 Å². The van der Waals surface area contributed by atoms with E-state index in [0.29, 0.717) is 18.8 Å². The molecule has 0 aromatic carbocycles. The number of hydrogen-bond acceptors (Lipinski definition) is 1. The van der Waals surface area contributed by atoms with Gasteiger partial charge >= 0.3 is 0 Å². The highest BCUT2D eigenvalue weighted by molar-refractivity contribution is 4.93. The van der Waals surface area contributed by atoms with E-state index in [2.05, 4.69) is 26.1 Å². The standard InChI is InChI=1S/C13H25F2N/c1-12(2,3)10-6-5-8-13(16-4,9-7-10)11(14)15/h10-11,16H,5-9H2,1-4H3. The maximum absolute atomic E-state index is 13.1. The summed E-state index contributed by atoms with van der Waals surface area (Å²) in [4.78, 5) is 0. The lowest BCUT2D eigenvalue weighted by molar-refractivity contribution is 0.0229. The highest BCUT2D eigenvalue weighted by Crippen LogP contribution is 2.41. The Morgan fingerprint density at radius 3 is 2.25 bits per heavy atom. The van der Waals surface area contributed by atoms with Crippen LogP contribution in [-0.4, -0.2) is 19.0 Å². The van der Waals surface area contributed by atoms with Crippen LogP contribution >= 0.6 is 0 Å². The van der Waals surface area contributed by atoms with Crippen molar-refractivity contribution in [3.8, 4) is 0 Å². The Morgan fingerprint density at radius 2 is 1.81 bits per heavy atom. The molecule has 0 aliphatic heterocycles. The van der Waals surface area contributed by atoms with E-state index in [4.69, 9.17) is 0 Å². The molecular weight excluding hydrogens is 208 g/mol. The zero-order valence-corrected chi connectivity index (χ0v) is 10.9. The van der Waals surface area contributed by atoms with Gasteiger partial charge in [-0.25, -0.2) is 8.78 Å². The summed E-state index contributed by atoms with van der Waals surface area (Å²) in [6.07, 6.45) is 1.86. The smallest absolute Gasteiger partial charge is 0.256 e. The van der Waals surface area contributed by atoms with Crippen molar-refractivity contribution in [3.63, 3.8) is 0 Å². The van der Waals surface area contributed by atoms with Crippen LogP contribution in [0.4, 0.5) is 8.78 Å². The lowest BCUT2D eigenvalue weighted by atomic mass is 9.76. The molecule has 96 valence electrons. The van der Waals surface area contributed by atoms with Crippen LogP contribution in [0.25, 0.3) is 0 Å². The van der Waals surface area contributed by atoms with Gasteiger partial charge < -0.3 is 5.32 Å². The van der Waals surface area contributed by atoms with Crippen molar-refractivity contribution < 1.29 is 8.78 Å². The van der Waals surface area contributed by atoms with Gasteiger partial charge in [-0.1, -0.05) is 27.2 Å². The molecule has 1 saturated carbocycles. The van der Waals surface area contributed by atoms with E-state index < -0.39 is 12.0 Å². The zero-order chi connectivity index (χ0) is 12.4. The molecule has 0 amide bonds. The largest absolute Gasteiger partial charge is 0.309 e. The first-order chi connectivity index (χ1) is 7.32. The van der Waals surface area contributed by atoms with Gasteiger partial charge in [0, 0.05) is 0 Å². The summed E-state index contributed by atoms with van der Waals surface area (Å²) >= 11 is 0. The van der Waals surface area contributed by atoms with Crippen molar-refractivity contribution in [3.05, 3.63) is 0 Å². The molecule has 3 heteroatoms. The SMILES string of the molecule is CNC1(C(F)F)CCCC(C(C)(C)C)CC1. The molecular formula is C13H25F2N. The maximum Gasteiger partial charge on any atom is 0.256 e. The molecule has 0 bridgehead atoms. The normalized spacial score (nSPS) is 32.8. The maximum atomic E-state index is 13.1. The Hall–Kier alpha value is -0.180. The van der Waals surface area contributed by atoms with E-state index in [9.17, 15) is 8.78 Å². The van der Waals surface area contributed by atoms with Crippen molar-refractivity contribution in [1.29, 1.82) is 0 Å². The molecule has 1 N–H and O–H groups in total. The third-order valence-corrected chi connectivity index (χ3v) is 4.25. The summed E-state index contributed by atoms with van der Waals surface area (Å²) in [6, 6.07) is 0. The van der Waals surface area contributed by atoms with Crippen molar-refractivity contribution in [2.45, 2.75) is 64.8 Å². The molecule has 2 atom stereocenters. The fourth-order valence-electron chi connectivity index (χ4n) is 2.81. The third-order valence-electron chi connectivity index (χ3n) is 4.25. The Balaban J connectivity index is 2.71. The van der Waals surface area contributed by atoms with E-state index in [1.54, 1.807) is 7.05 Å². The van der Waals surface area contributed by atoms with Crippen LogP contribution in [0.3, 0.4) is 0 Å². The lowest BCUT2D eigenvalue weighted by Gasteiger charge is -2.33. The summed E-state index contributed by atoms with van der Waals surface area (Å²) in [5.74, 6) is 0.571. The minimum Gasteiger partial charge on any atom is -0.309 e. The molecule has 1 rings (SSSR count). The number of rotatable bonds is 2. The van der Waals surface area contributed by atoms with E-state index >= 15 is 0 Å². The second-order valence-electron chi connectivity index (χ2n) is 6.20.